The average Bonchev–Trinajstić information content (AvgIpc) is 2.85. The Hall–Kier alpha value is -3.53. The van der Waals surface area contributed by atoms with E-state index in [-0.39, 0.29) is 0 Å². The van der Waals surface area contributed by atoms with Gasteiger partial charge in [-0.25, -0.2) is 15.0 Å². The van der Waals surface area contributed by atoms with E-state index in [0.717, 1.165) is 28.9 Å². The average molecular weight is 410 g/mol. The second-order valence-electron chi connectivity index (χ2n) is 7.44. The van der Waals surface area contributed by atoms with E-state index >= 15 is 0 Å². The zero-order valence-electron chi connectivity index (χ0n) is 17.9. The van der Waals surface area contributed by atoms with Crippen LogP contribution in [0.15, 0.2) is 84.9 Å². The zero-order valence-corrected chi connectivity index (χ0v) is 17.9. The predicted molar refractivity (Wildman–Crippen MR) is 126 cm³/mol. The van der Waals surface area contributed by atoms with E-state index < -0.39 is 0 Å². The molecule has 0 saturated carbocycles. The SMILES string of the molecule is CCCCCCOc1ccccc1-c1nc(-c2ccccc2)nc(-c2ccccc2)n1. The van der Waals surface area contributed by atoms with Crippen molar-refractivity contribution in [2.45, 2.75) is 32.6 Å². The molecule has 0 N–H and O–H groups in total. The molecular formula is C27H27N3O. The first-order valence-corrected chi connectivity index (χ1v) is 10.9. The fraction of sp³-hybridized carbons (Fsp3) is 0.222. The lowest BCUT2D eigenvalue weighted by Gasteiger charge is -2.12. The van der Waals surface area contributed by atoms with Crippen LogP contribution in [-0.2, 0) is 0 Å². The van der Waals surface area contributed by atoms with Crippen LogP contribution < -0.4 is 4.74 Å². The molecule has 0 fully saturated rings. The molecule has 0 saturated heterocycles. The first kappa shape index (κ1) is 20.7. The monoisotopic (exact) mass is 409 g/mol. The van der Waals surface area contributed by atoms with Crippen molar-refractivity contribution in [3.8, 4) is 39.9 Å². The lowest BCUT2D eigenvalue weighted by Crippen LogP contribution is -2.03. The van der Waals surface area contributed by atoms with Crippen molar-refractivity contribution in [3.63, 3.8) is 0 Å². The molecule has 0 unspecified atom stereocenters. The molecule has 0 radical (unpaired) electrons. The maximum Gasteiger partial charge on any atom is 0.167 e. The smallest absolute Gasteiger partial charge is 0.167 e. The molecule has 1 aromatic heterocycles. The number of ether oxygens (including phenoxy) is 1. The quantitative estimate of drug-likeness (QED) is 0.284. The lowest BCUT2D eigenvalue weighted by atomic mass is 10.1. The molecule has 156 valence electrons. The molecule has 1 heterocycles. The first-order chi connectivity index (χ1) is 15.3. The summed E-state index contributed by atoms with van der Waals surface area (Å²) in [5.74, 6) is 2.74. The largest absolute Gasteiger partial charge is 0.493 e. The van der Waals surface area contributed by atoms with Crippen LogP contribution in [0.5, 0.6) is 5.75 Å². The van der Waals surface area contributed by atoms with Gasteiger partial charge in [0.15, 0.2) is 17.5 Å². The highest BCUT2D eigenvalue weighted by atomic mass is 16.5. The van der Waals surface area contributed by atoms with Crippen molar-refractivity contribution >= 4 is 0 Å². The maximum atomic E-state index is 6.13. The standard InChI is InChI=1S/C27H27N3O/c1-2-3-4-13-20-31-24-19-12-11-18-23(24)27-29-25(21-14-7-5-8-15-21)28-26(30-27)22-16-9-6-10-17-22/h5-12,14-19H,2-4,13,20H2,1H3. The number of nitrogens with zero attached hydrogens (tertiary/aromatic N) is 3. The van der Waals surface area contributed by atoms with E-state index in [0.29, 0.717) is 24.1 Å². The van der Waals surface area contributed by atoms with Gasteiger partial charge in [0.05, 0.1) is 12.2 Å². The molecule has 4 rings (SSSR count). The van der Waals surface area contributed by atoms with Crippen LogP contribution >= 0.6 is 0 Å². The molecule has 0 atom stereocenters. The van der Waals surface area contributed by atoms with Gasteiger partial charge in [0, 0.05) is 11.1 Å². The van der Waals surface area contributed by atoms with Gasteiger partial charge in [-0.2, -0.15) is 0 Å². The van der Waals surface area contributed by atoms with Gasteiger partial charge in [-0.05, 0) is 18.6 Å². The summed E-state index contributed by atoms with van der Waals surface area (Å²) >= 11 is 0. The Labute approximate surface area is 184 Å². The maximum absolute atomic E-state index is 6.13. The topological polar surface area (TPSA) is 47.9 Å². The van der Waals surface area contributed by atoms with Crippen LogP contribution in [0.3, 0.4) is 0 Å². The van der Waals surface area contributed by atoms with Crippen LogP contribution in [0.2, 0.25) is 0 Å². The fourth-order valence-corrected chi connectivity index (χ4v) is 3.42. The van der Waals surface area contributed by atoms with E-state index in [2.05, 4.69) is 6.92 Å². The third-order valence-electron chi connectivity index (χ3n) is 5.08. The van der Waals surface area contributed by atoms with Gasteiger partial charge in [-0.3, -0.25) is 0 Å². The van der Waals surface area contributed by atoms with Crippen LogP contribution in [0.4, 0.5) is 0 Å². The molecule has 0 bridgehead atoms. The highest BCUT2D eigenvalue weighted by Crippen LogP contribution is 2.30. The van der Waals surface area contributed by atoms with Crippen LogP contribution in [0.1, 0.15) is 32.6 Å². The second-order valence-corrected chi connectivity index (χ2v) is 7.44. The molecule has 0 aliphatic carbocycles. The lowest BCUT2D eigenvalue weighted by molar-refractivity contribution is 0.306. The van der Waals surface area contributed by atoms with E-state index in [1.54, 1.807) is 0 Å². The van der Waals surface area contributed by atoms with Gasteiger partial charge < -0.3 is 4.74 Å². The summed E-state index contributed by atoms with van der Waals surface area (Å²) < 4.78 is 6.13. The molecule has 0 aliphatic heterocycles. The Morgan fingerprint density at radius 2 is 1.13 bits per heavy atom. The molecule has 4 heteroatoms. The number of para-hydroxylation sites is 1. The summed E-state index contributed by atoms with van der Waals surface area (Å²) in [4.78, 5) is 14.4. The third-order valence-corrected chi connectivity index (χ3v) is 5.08. The van der Waals surface area contributed by atoms with Crippen molar-refractivity contribution in [2.75, 3.05) is 6.61 Å². The van der Waals surface area contributed by atoms with E-state index in [4.69, 9.17) is 19.7 Å². The number of unbranched alkanes of at least 4 members (excludes halogenated alkanes) is 3. The second kappa shape index (κ2) is 10.5. The number of hydrogen-bond acceptors (Lipinski definition) is 4. The summed E-state index contributed by atoms with van der Waals surface area (Å²) in [6.45, 7) is 2.91. The molecule has 31 heavy (non-hydrogen) atoms. The molecule has 4 aromatic rings. The first-order valence-electron chi connectivity index (χ1n) is 10.9. The Morgan fingerprint density at radius 1 is 0.581 bits per heavy atom. The molecule has 0 aliphatic rings. The normalized spacial score (nSPS) is 10.7. The van der Waals surface area contributed by atoms with Gasteiger partial charge >= 0.3 is 0 Å². The van der Waals surface area contributed by atoms with Gasteiger partial charge in [-0.1, -0.05) is 99.0 Å². The predicted octanol–water partition coefficient (Wildman–Crippen LogP) is 6.83. The Kier molecular flexibility index (Phi) is 7.01. The number of aromatic nitrogens is 3. The minimum atomic E-state index is 0.622. The van der Waals surface area contributed by atoms with Crippen molar-refractivity contribution in [1.82, 2.24) is 15.0 Å². The Balaban J connectivity index is 1.73. The zero-order chi connectivity index (χ0) is 21.3. The fourth-order valence-electron chi connectivity index (χ4n) is 3.42. The van der Waals surface area contributed by atoms with Crippen molar-refractivity contribution in [1.29, 1.82) is 0 Å². The van der Waals surface area contributed by atoms with Crippen LogP contribution in [0, 0.1) is 0 Å². The van der Waals surface area contributed by atoms with Gasteiger partial charge in [0.1, 0.15) is 5.75 Å². The number of hydrogen-bond donors (Lipinski definition) is 0. The van der Waals surface area contributed by atoms with E-state index in [1.807, 2.05) is 84.9 Å². The number of rotatable bonds is 9. The Morgan fingerprint density at radius 3 is 1.74 bits per heavy atom. The summed E-state index contributed by atoms with van der Waals surface area (Å²) in [6, 6.07) is 28.0. The van der Waals surface area contributed by atoms with Crippen LogP contribution in [0.25, 0.3) is 34.2 Å². The van der Waals surface area contributed by atoms with E-state index in [1.165, 1.54) is 19.3 Å². The van der Waals surface area contributed by atoms with Gasteiger partial charge in [0.2, 0.25) is 0 Å². The minimum absolute atomic E-state index is 0.622. The van der Waals surface area contributed by atoms with Crippen molar-refractivity contribution in [3.05, 3.63) is 84.9 Å². The highest BCUT2D eigenvalue weighted by Gasteiger charge is 2.15. The highest BCUT2D eigenvalue weighted by molar-refractivity contribution is 5.69. The molecule has 0 amide bonds. The summed E-state index contributed by atoms with van der Waals surface area (Å²) in [5, 5.41) is 0. The molecule has 4 nitrogen and oxygen atoms in total. The minimum Gasteiger partial charge on any atom is -0.493 e. The molecule has 0 spiro atoms. The van der Waals surface area contributed by atoms with Gasteiger partial charge in [0.25, 0.3) is 0 Å². The summed E-state index contributed by atoms with van der Waals surface area (Å²) in [6.07, 6.45) is 4.68. The third kappa shape index (κ3) is 5.34. The Bertz CT molecular complexity index is 1040. The van der Waals surface area contributed by atoms with Crippen molar-refractivity contribution < 1.29 is 4.74 Å². The van der Waals surface area contributed by atoms with Crippen molar-refractivity contribution in [2.24, 2.45) is 0 Å². The summed E-state index contributed by atoms with van der Waals surface area (Å²) in [5.41, 5.74) is 2.80. The van der Waals surface area contributed by atoms with E-state index in [9.17, 15) is 0 Å². The molecular weight excluding hydrogens is 382 g/mol. The van der Waals surface area contributed by atoms with Crippen LogP contribution in [-0.4, -0.2) is 21.6 Å². The van der Waals surface area contributed by atoms with Gasteiger partial charge in [-0.15, -0.1) is 0 Å². The summed E-state index contributed by atoms with van der Waals surface area (Å²) in [7, 11) is 0. The number of benzene rings is 3. The molecule has 3 aromatic carbocycles.